The van der Waals surface area contributed by atoms with Crippen LogP contribution in [0.25, 0.3) is 0 Å². The molecule has 2 nitrogen and oxygen atoms in total. The molecule has 0 unspecified atom stereocenters. The van der Waals surface area contributed by atoms with Gasteiger partial charge in [-0.2, -0.15) is 0 Å². The van der Waals surface area contributed by atoms with Gasteiger partial charge >= 0.3 is 0 Å². The smallest absolute Gasteiger partial charge is 0.185 e. The number of Topliss-reactive ketones (excluding diaryl/α,β-unsaturated/α-hetero) is 1. The number of aromatic nitrogens is 1. The number of ketones is 1. The van der Waals surface area contributed by atoms with E-state index in [1.807, 2.05) is 18.3 Å². The highest BCUT2D eigenvalue weighted by Gasteiger charge is 2.39. The molecule has 0 spiro atoms. The van der Waals surface area contributed by atoms with E-state index in [9.17, 15) is 4.79 Å². The van der Waals surface area contributed by atoms with Gasteiger partial charge in [0.1, 0.15) is 0 Å². The van der Waals surface area contributed by atoms with Gasteiger partial charge in [0, 0.05) is 11.6 Å². The van der Waals surface area contributed by atoms with Crippen molar-refractivity contribution in [2.75, 3.05) is 0 Å². The second-order valence-corrected chi connectivity index (χ2v) is 4.25. The van der Waals surface area contributed by atoms with Crippen molar-refractivity contribution in [1.29, 1.82) is 0 Å². The molecule has 0 saturated heterocycles. The maximum Gasteiger partial charge on any atom is 0.185 e. The van der Waals surface area contributed by atoms with Crippen LogP contribution in [0.3, 0.4) is 0 Å². The van der Waals surface area contributed by atoms with Gasteiger partial charge in [0.15, 0.2) is 5.78 Å². The Morgan fingerprint density at radius 1 is 1.50 bits per heavy atom. The normalized spacial score (nSPS) is 19.8. The predicted octanol–water partition coefficient (Wildman–Crippen LogP) is 3.17. The Kier molecular flexibility index (Phi) is 2.44. The first-order chi connectivity index (χ1) is 6.78. The lowest BCUT2D eigenvalue weighted by Gasteiger charge is -2.24. The summed E-state index contributed by atoms with van der Waals surface area (Å²) in [6.45, 7) is 2.13. The topological polar surface area (TPSA) is 32.9 Å². The van der Waals surface area contributed by atoms with Gasteiger partial charge in [-0.1, -0.05) is 19.8 Å². The summed E-state index contributed by atoms with van der Waals surface area (Å²) in [5, 5.41) is 0. The van der Waals surface area contributed by atoms with Crippen LogP contribution in [0.15, 0.2) is 18.3 Å². The Hall–Kier alpha value is -1.05. The minimum absolute atomic E-state index is 0.0507. The second kappa shape index (κ2) is 3.60. The quantitative estimate of drug-likeness (QED) is 0.731. The van der Waals surface area contributed by atoms with Crippen LogP contribution < -0.4 is 0 Å². The van der Waals surface area contributed by atoms with Crippen LogP contribution in [0.5, 0.6) is 0 Å². The molecule has 0 aromatic carbocycles. The number of rotatable bonds is 3. The van der Waals surface area contributed by atoms with Crippen LogP contribution in [-0.4, -0.2) is 10.8 Å². The predicted molar refractivity (Wildman–Crippen MR) is 56.3 cm³/mol. The van der Waals surface area contributed by atoms with E-state index < -0.39 is 0 Å². The zero-order chi connectivity index (χ0) is 10.0. The highest BCUT2D eigenvalue weighted by Crippen LogP contribution is 2.43. The van der Waals surface area contributed by atoms with E-state index in [0.29, 0.717) is 5.78 Å². The number of hydrogen-bond acceptors (Lipinski definition) is 1. The lowest BCUT2D eigenvalue weighted by molar-refractivity contribution is 0.0786. The minimum atomic E-state index is -0.0507. The lowest BCUT2D eigenvalue weighted by Crippen LogP contribution is -2.27. The zero-order valence-electron chi connectivity index (χ0n) is 8.68. The van der Waals surface area contributed by atoms with E-state index in [1.165, 1.54) is 12.8 Å². The average Bonchev–Trinajstić information content (AvgIpc) is 2.89. The van der Waals surface area contributed by atoms with Crippen LogP contribution in [-0.2, 0) is 0 Å². The van der Waals surface area contributed by atoms with Gasteiger partial charge in [0.05, 0.1) is 5.69 Å². The number of carbonyl (C=O) groups excluding carboxylic acids is 1. The molecule has 0 amide bonds. The summed E-state index contributed by atoms with van der Waals surface area (Å²) in [4.78, 5) is 15.3. The molecular formula is C12H17NO. The van der Waals surface area contributed by atoms with Gasteiger partial charge in [-0.15, -0.1) is 0 Å². The highest BCUT2D eigenvalue weighted by molar-refractivity contribution is 5.99. The molecule has 2 rings (SSSR count). The summed E-state index contributed by atoms with van der Waals surface area (Å²) in [6, 6.07) is 3.78. The fourth-order valence-corrected chi connectivity index (χ4v) is 2.55. The van der Waals surface area contributed by atoms with Gasteiger partial charge in [0.2, 0.25) is 0 Å². The largest absolute Gasteiger partial charge is 0.359 e. The van der Waals surface area contributed by atoms with Gasteiger partial charge < -0.3 is 4.98 Å². The Morgan fingerprint density at radius 2 is 2.21 bits per heavy atom. The highest BCUT2D eigenvalue weighted by atomic mass is 16.1. The van der Waals surface area contributed by atoms with Crippen LogP contribution in [0.1, 0.15) is 49.5 Å². The summed E-state index contributed by atoms with van der Waals surface area (Å²) in [7, 11) is 0. The van der Waals surface area contributed by atoms with Crippen molar-refractivity contribution in [2.45, 2.75) is 39.0 Å². The van der Waals surface area contributed by atoms with Crippen molar-refractivity contribution in [3.8, 4) is 0 Å². The first-order valence-corrected chi connectivity index (χ1v) is 5.47. The second-order valence-electron chi connectivity index (χ2n) is 4.25. The number of aromatic amines is 1. The fraction of sp³-hybridized carbons (Fsp3) is 0.583. The lowest BCUT2D eigenvalue weighted by atomic mass is 9.78. The molecule has 1 saturated carbocycles. The summed E-state index contributed by atoms with van der Waals surface area (Å²) in [5.74, 6) is 0.322. The van der Waals surface area contributed by atoms with Crippen LogP contribution in [0.2, 0.25) is 0 Å². The first kappa shape index (κ1) is 9.50. The van der Waals surface area contributed by atoms with Crippen LogP contribution in [0, 0.1) is 5.41 Å². The van der Waals surface area contributed by atoms with Crippen molar-refractivity contribution in [3.63, 3.8) is 0 Å². The molecule has 2 heteroatoms. The van der Waals surface area contributed by atoms with Gasteiger partial charge in [-0.05, 0) is 31.4 Å². The zero-order valence-corrected chi connectivity index (χ0v) is 8.68. The monoisotopic (exact) mass is 191 g/mol. The van der Waals surface area contributed by atoms with Crippen molar-refractivity contribution in [1.82, 2.24) is 4.98 Å². The molecule has 14 heavy (non-hydrogen) atoms. The molecule has 1 heterocycles. The third kappa shape index (κ3) is 1.39. The molecule has 1 aliphatic carbocycles. The van der Waals surface area contributed by atoms with Crippen molar-refractivity contribution < 1.29 is 4.79 Å². The molecule has 1 aliphatic rings. The summed E-state index contributed by atoms with van der Waals surface area (Å²) in [5.41, 5.74) is 0.735. The Morgan fingerprint density at radius 3 is 2.71 bits per heavy atom. The summed E-state index contributed by atoms with van der Waals surface area (Å²) < 4.78 is 0. The maximum atomic E-state index is 12.2. The van der Waals surface area contributed by atoms with Gasteiger partial charge in [0.25, 0.3) is 0 Å². The SMILES string of the molecule is CCC1(C(=O)c2ccc[nH]2)CCCC1. The van der Waals surface area contributed by atoms with E-state index in [0.717, 1.165) is 25.0 Å². The summed E-state index contributed by atoms with van der Waals surface area (Å²) in [6.07, 6.45) is 7.36. The number of H-pyrrole nitrogens is 1. The molecule has 0 bridgehead atoms. The van der Waals surface area contributed by atoms with E-state index >= 15 is 0 Å². The van der Waals surface area contributed by atoms with Crippen molar-refractivity contribution in [2.24, 2.45) is 5.41 Å². The number of carbonyl (C=O) groups is 1. The third-order valence-electron chi connectivity index (χ3n) is 3.56. The van der Waals surface area contributed by atoms with E-state index in [2.05, 4.69) is 11.9 Å². The minimum Gasteiger partial charge on any atom is -0.359 e. The molecule has 76 valence electrons. The van der Waals surface area contributed by atoms with Crippen molar-refractivity contribution in [3.05, 3.63) is 24.0 Å². The molecule has 1 N–H and O–H groups in total. The van der Waals surface area contributed by atoms with E-state index in [4.69, 9.17) is 0 Å². The maximum absolute atomic E-state index is 12.2. The standard InChI is InChI=1S/C12H17NO/c1-2-12(7-3-4-8-12)11(14)10-6-5-9-13-10/h5-6,9,13H,2-4,7-8H2,1H3. The van der Waals surface area contributed by atoms with Crippen molar-refractivity contribution >= 4 is 5.78 Å². The average molecular weight is 191 g/mol. The molecule has 0 aliphatic heterocycles. The summed E-state index contributed by atoms with van der Waals surface area (Å²) >= 11 is 0. The molecule has 1 aromatic rings. The fourth-order valence-electron chi connectivity index (χ4n) is 2.55. The number of hydrogen-bond donors (Lipinski definition) is 1. The molecule has 0 radical (unpaired) electrons. The van der Waals surface area contributed by atoms with E-state index in [-0.39, 0.29) is 5.41 Å². The molecular weight excluding hydrogens is 174 g/mol. The Balaban J connectivity index is 2.24. The van der Waals surface area contributed by atoms with Gasteiger partial charge in [-0.25, -0.2) is 0 Å². The Bertz CT molecular complexity index is 307. The Labute approximate surface area is 84.7 Å². The third-order valence-corrected chi connectivity index (χ3v) is 3.56. The van der Waals surface area contributed by atoms with E-state index in [1.54, 1.807) is 0 Å². The number of nitrogens with one attached hydrogen (secondary N) is 1. The van der Waals surface area contributed by atoms with Gasteiger partial charge in [-0.3, -0.25) is 4.79 Å². The first-order valence-electron chi connectivity index (χ1n) is 5.47. The van der Waals surface area contributed by atoms with Crippen LogP contribution in [0.4, 0.5) is 0 Å². The molecule has 1 aromatic heterocycles. The van der Waals surface area contributed by atoms with Crippen LogP contribution >= 0.6 is 0 Å². The molecule has 1 fully saturated rings. The molecule has 0 atom stereocenters.